The van der Waals surface area contributed by atoms with Crippen LogP contribution < -0.4 is 9.62 Å². The maximum Gasteiger partial charge on any atom is 0.244 e. The highest BCUT2D eigenvalue weighted by atomic mass is 79.9. The predicted molar refractivity (Wildman–Crippen MR) is 147 cm³/mol. The van der Waals surface area contributed by atoms with Crippen LogP contribution in [0.15, 0.2) is 53.0 Å². The number of nitrogens with zero attached hydrogens (tertiary/aromatic N) is 2. The molecule has 7 nitrogen and oxygen atoms in total. The topological polar surface area (TPSA) is 86.8 Å². The lowest BCUT2D eigenvalue weighted by molar-refractivity contribution is -0.140. The Labute approximate surface area is 223 Å². The summed E-state index contributed by atoms with van der Waals surface area (Å²) >= 11 is 3.38. The van der Waals surface area contributed by atoms with Crippen molar-refractivity contribution in [1.29, 1.82) is 0 Å². The van der Waals surface area contributed by atoms with E-state index in [1.165, 1.54) is 11.3 Å². The van der Waals surface area contributed by atoms with Crippen LogP contribution in [0.3, 0.4) is 0 Å². The van der Waals surface area contributed by atoms with Gasteiger partial charge in [0.25, 0.3) is 0 Å². The zero-order valence-electron chi connectivity index (χ0n) is 21.2. The Kier molecular flexibility index (Phi) is 9.96. The predicted octanol–water partition coefficient (Wildman–Crippen LogP) is 4.78. The first-order valence-electron chi connectivity index (χ1n) is 12.5. The molecule has 1 N–H and O–H groups in total. The number of sulfonamides is 1. The van der Waals surface area contributed by atoms with Crippen molar-refractivity contribution in [2.75, 3.05) is 17.1 Å². The second-order valence-corrected chi connectivity index (χ2v) is 12.3. The highest BCUT2D eigenvalue weighted by Gasteiger charge is 2.33. The molecule has 0 heterocycles. The number of nitrogens with one attached hydrogen (secondary N) is 1. The summed E-state index contributed by atoms with van der Waals surface area (Å²) in [5.41, 5.74) is 2.31. The number of benzene rings is 2. The average Bonchev–Trinajstić information content (AvgIpc) is 2.83. The lowest BCUT2D eigenvalue weighted by atomic mass is 9.95. The largest absolute Gasteiger partial charge is 0.352 e. The summed E-state index contributed by atoms with van der Waals surface area (Å²) in [4.78, 5) is 28.8. The Morgan fingerprint density at radius 3 is 2.39 bits per heavy atom. The molecule has 2 aromatic rings. The van der Waals surface area contributed by atoms with Crippen LogP contribution in [0, 0.1) is 6.92 Å². The average molecular weight is 579 g/mol. The van der Waals surface area contributed by atoms with E-state index in [4.69, 9.17) is 0 Å². The molecule has 9 heteroatoms. The SMILES string of the molecule is CCC(C(=O)NC1CCCCC1)N(Cc1ccccc1C)C(=O)CN(c1cccc(Br)c1)S(C)(=O)=O. The standard InChI is InChI=1S/C27H36BrN3O4S/c1-4-25(27(33)29-23-14-6-5-7-15-23)30(18-21-12-9-8-11-20(21)2)26(32)19-31(36(3,34)35)24-16-10-13-22(28)17-24/h8-13,16-17,23,25H,4-7,14-15,18-19H2,1-3H3,(H,29,33). The van der Waals surface area contributed by atoms with Crippen LogP contribution >= 0.6 is 15.9 Å². The number of aryl methyl sites for hydroxylation is 1. The summed E-state index contributed by atoms with van der Waals surface area (Å²) in [6.07, 6.45) is 6.74. The molecule has 2 aromatic carbocycles. The van der Waals surface area contributed by atoms with Crippen LogP contribution in [0.1, 0.15) is 56.6 Å². The van der Waals surface area contributed by atoms with Crippen molar-refractivity contribution in [3.05, 3.63) is 64.1 Å². The van der Waals surface area contributed by atoms with Gasteiger partial charge in [0.1, 0.15) is 12.6 Å². The lowest BCUT2D eigenvalue weighted by Gasteiger charge is -2.34. The molecule has 1 aliphatic carbocycles. The molecule has 1 unspecified atom stereocenters. The van der Waals surface area contributed by atoms with Gasteiger partial charge in [0.05, 0.1) is 11.9 Å². The van der Waals surface area contributed by atoms with E-state index in [-0.39, 0.29) is 18.5 Å². The van der Waals surface area contributed by atoms with Gasteiger partial charge in [-0.1, -0.05) is 72.4 Å². The van der Waals surface area contributed by atoms with Crippen molar-refractivity contribution < 1.29 is 18.0 Å². The Balaban J connectivity index is 1.92. The first-order valence-corrected chi connectivity index (χ1v) is 15.1. The Hall–Kier alpha value is -2.39. The van der Waals surface area contributed by atoms with E-state index >= 15 is 0 Å². The van der Waals surface area contributed by atoms with Gasteiger partial charge in [-0.25, -0.2) is 8.42 Å². The van der Waals surface area contributed by atoms with Crippen LogP contribution in [0.4, 0.5) is 5.69 Å². The summed E-state index contributed by atoms with van der Waals surface area (Å²) in [5.74, 6) is -0.603. The second-order valence-electron chi connectivity index (χ2n) is 9.47. The van der Waals surface area contributed by atoms with Crippen molar-refractivity contribution in [1.82, 2.24) is 10.2 Å². The van der Waals surface area contributed by atoms with E-state index in [1.54, 1.807) is 24.3 Å². The van der Waals surface area contributed by atoms with Gasteiger partial charge in [-0.15, -0.1) is 0 Å². The van der Waals surface area contributed by atoms with Crippen molar-refractivity contribution in [2.45, 2.75) is 71.0 Å². The number of hydrogen-bond acceptors (Lipinski definition) is 4. The van der Waals surface area contributed by atoms with Gasteiger partial charge in [-0.05, 0) is 55.5 Å². The first-order chi connectivity index (χ1) is 17.1. The molecule has 2 amide bonds. The van der Waals surface area contributed by atoms with Crippen LogP contribution in [-0.2, 0) is 26.2 Å². The Morgan fingerprint density at radius 2 is 1.78 bits per heavy atom. The monoisotopic (exact) mass is 577 g/mol. The second kappa shape index (κ2) is 12.7. The van der Waals surface area contributed by atoms with Crippen molar-refractivity contribution in [3.8, 4) is 0 Å². The minimum Gasteiger partial charge on any atom is -0.352 e. The molecule has 0 radical (unpaired) electrons. The van der Waals surface area contributed by atoms with E-state index in [0.717, 1.165) is 47.4 Å². The smallest absolute Gasteiger partial charge is 0.244 e. The van der Waals surface area contributed by atoms with Crippen molar-refractivity contribution in [2.24, 2.45) is 0 Å². The van der Waals surface area contributed by atoms with E-state index < -0.39 is 28.5 Å². The number of hydrogen-bond donors (Lipinski definition) is 1. The highest BCUT2D eigenvalue weighted by Crippen LogP contribution is 2.24. The van der Waals surface area contributed by atoms with Gasteiger partial charge in [-0.3, -0.25) is 13.9 Å². The summed E-state index contributed by atoms with van der Waals surface area (Å²) in [6.45, 7) is 3.67. The molecule has 36 heavy (non-hydrogen) atoms. The summed E-state index contributed by atoms with van der Waals surface area (Å²) in [5, 5.41) is 3.16. The van der Waals surface area contributed by atoms with Crippen LogP contribution in [0.25, 0.3) is 0 Å². The zero-order valence-corrected chi connectivity index (χ0v) is 23.6. The molecule has 0 saturated heterocycles. The molecule has 1 atom stereocenters. The van der Waals surface area contributed by atoms with Crippen molar-refractivity contribution >= 4 is 43.5 Å². The molecule has 0 bridgehead atoms. The molecule has 0 aliphatic heterocycles. The highest BCUT2D eigenvalue weighted by molar-refractivity contribution is 9.10. The third kappa shape index (κ3) is 7.56. The van der Waals surface area contributed by atoms with E-state index in [9.17, 15) is 18.0 Å². The first kappa shape index (κ1) is 28.2. The molecular formula is C27H36BrN3O4S. The zero-order chi connectivity index (χ0) is 26.3. The molecule has 1 saturated carbocycles. The third-order valence-corrected chi connectivity index (χ3v) is 8.35. The summed E-state index contributed by atoms with van der Waals surface area (Å²) < 4.78 is 27.2. The third-order valence-electron chi connectivity index (χ3n) is 6.71. The number of rotatable bonds is 10. The van der Waals surface area contributed by atoms with E-state index in [0.29, 0.717) is 16.6 Å². The molecule has 1 fully saturated rings. The lowest BCUT2D eigenvalue weighted by Crippen LogP contribution is -2.54. The molecule has 0 spiro atoms. The van der Waals surface area contributed by atoms with Gasteiger partial charge < -0.3 is 10.2 Å². The number of carbonyl (C=O) groups is 2. The van der Waals surface area contributed by atoms with Gasteiger partial charge in [-0.2, -0.15) is 0 Å². The molecular weight excluding hydrogens is 542 g/mol. The van der Waals surface area contributed by atoms with Crippen LogP contribution in [0.2, 0.25) is 0 Å². The van der Waals surface area contributed by atoms with Crippen LogP contribution in [-0.4, -0.2) is 50.0 Å². The van der Waals surface area contributed by atoms with E-state index in [1.807, 2.05) is 38.1 Å². The number of halogens is 1. The van der Waals surface area contributed by atoms with Crippen LogP contribution in [0.5, 0.6) is 0 Å². The molecule has 196 valence electrons. The normalized spacial score (nSPS) is 15.2. The minimum absolute atomic E-state index is 0.116. The quantitative estimate of drug-likeness (QED) is 0.440. The molecule has 1 aliphatic rings. The van der Waals surface area contributed by atoms with E-state index in [2.05, 4.69) is 21.2 Å². The molecule has 0 aromatic heterocycles. The molecule has 3 rings (SSSR count). The summed E-state index contributed by atoms with van der Waals surface area (Å²) in [6, 6.07) is 14.0. The summed E-state index contributed by atoms with van der Waals surface area (Å²) in [7, 11) is -3.76. The number of anilines is 1. The number of carbonyl (C=O) groups excluding carboxylic acids is 2. The fourth-order valence-electron chi connectivity index (χ4n) is 4.68. The Morgan fingerprint density at radius 1 is 1.08 bits per heavy atom. The van der Waals surface area contributed by atoms with Gasteiger partial charge in [0.15, 0.2) is 0 Å². The fourth-order valence-corrected chi connectivity index (χ4v) is 5.91. The van der Waals surface area contributed by atoms with Crippen molar-refractivity contribution in [3.63, 3.8) is 0 Å². The Bertz CT molecular complexity index is 1170. The maximum absolute atomic E-state index is 13.8. The number of amides is 2. The van der Waals surface area contributed by atoms with Gasteiger partial charge in [0.2, 0.25) is 21.8 Å². The minimum atomic E-state index is -3.76. The van der Waals surface area contributed by atoms with Gasteiger partial charge in [0, 0.05) is 17.1 Å². The van der Waals surface area contributed by atoms with Gasteiger partial charge >= 0.3 is 0 Å². The fraction of sp³-hybridized carbons (Fsp3) is 0.481. The maximum atomic E-state index is 13.8.